The number of carbonyl (C=O) groups is 1. The number of carboxylic acids is 1. The van der Waals surface area contributed by atoms with Crippen LogP contribution in [-0.4, -0.2) is 34.7 Å². The van der Waals surface area contributed by atoms with Crippen LogP contribution < -0.4 is 9.47 Å². The van der Waals surface area contributed by atoms with Crippen LogP contribution in [0, 0.1) is 10.1 Å². The largest absolute Gasteiger partial charge is 0.493 e. The molecule has 142 valence electrons. The van der Waals surface area contributed by atoms with Gasteiger partial charge in [-0.25, -0.2) is 9.78 Å². The Kier molecular flexibility index (Phi) is 5.50. The lowest BCUT2D eigenvalue weighted by Gasteiger charge is -2.09. The van der Waals surface area contributed by atoms with Crippen molar-refractivity contribution >= 4 is 34.7 Å². The molecule has 2 aromatic carbocycles. The lowest BCUT2D eigenvalue weighted by Crippen LogP contribution is -2.10. The number of ether oxygens (including phenoxy) is 2. The first-order chi connectivity index (χ1) is 13.5. The zero-order valence-corrected chi connectivity index (χ0v) is 14.9. The first kappa shape index (κ1) is 18.8. The van der Waals surface area contributed by atoms with Crippen LogP contribution in [0.5, 0.6) is 11.5 Å². The van der Waals surface area contributed by atoms with E-state index < -0.39 is 17.5 Å². The second-order valence-electron chi connectivity index (χ2n) is 5.77. The molecule has 0 radical (unpaired) electrons. The van der Waals surface area contributed by atoms with Crippen LogP contribution >= 0.6 is 0 Å². The minimum atomic E-state index is -1.08. The Labute approximate surface area is 159 Å². The molecule has 0 aliphatic rings. The van der Waals surface area contributed by atoms with Crippen LogP contribution in [0.1, 0.15) is 11.3 Å². The Balaban J connectivity index is 1.88. The molecular formula is C20H16N2O6. The number of pyridine rings is 1. The molecule has 0 fully saturated rings. The molecule has 3 aromatic rings. The molecule has 8 nitrogen and oxygen atoms in total. The number of hydrogen-bond acceptors (Lipinski definition) is 6. The number of benzene rings is 2. The molecule has 8 heteroatoms. The molecule has 0 aliphatic carbocycles. The minimum absolute atomic E-state index is 0.0469. The van der Waals surface area contributed by atoms with Gasteiger partial charge in [0.1, 0.15) is 5.52 Å². The number of fused-ring (bicyclic) bond motifs is 1. The van der Waals surface area contributed by atoms with Crippen LogP contribution in [0.25, 0.3) is 23.1 Å². The number of aromatic nitrogens is 1. The van der Waals surface area contributed by atoms with Crippen molar-refractivity contribution < 1.29 is 24.3 Å². The van der Waals surface area contributed by atoms with Gasteiger partial charge in [0.25, 0.3) is 5.69 Å². The van der Waals surface area contributed by atoms with E-state index in [1.54, 1.807) is 54.6 Å². The summed E-state index contributed by atoms with van der Waals surface area (Å²) >= 11 is 0. The van der Waals surface area contributed by atoms with E-state index in [4.69, 9.17) is 14.6 Å². The van der Waals surface area contributed by atoms with E-state index in [-0.39, 0.29) is 5.69 Å². The van der Waals surface area contributed by atoms with Gasteiger partial charge in [-0.3, -0.25) is 10.1 Å². The van der Waals surface area contributed by atoms with Crippen LogP contribution in [0.4, 0.5) is 5.69 Å². The van der Waals surface area contributed by atoms with Crippen molar-refractivity contribution in [3.63, 3.8) is 0 Å². The summed E-state index contributed by atoms with van der Waals surface area (Å²) in [5, 5.41) is 20.6. The molecule has 28 heavy (non-hydrogen) atoms. The van der Waals surface area contributed by atoms with E-state index >= 15 is 0 Å². The van der Waals surface area contributed by atoms with E-state index in [0.717, 1.165) is 5.56 Å². The highest BCUT2D eigenvalue weighted by atomic mass is 16.6. The summed E-state index contributed by atoms with van der Waals surface area (Å²) in [7, 11) is 1.46. The summed E-state index contributed by atoms with van der Waals surface area (Å²) in [5.41, 5.74) is 1.61. The molecular weight excluding hydrogens is 364 g/mol. The van der Waals surface area contributed by atoms with E-state index in [1.807, 2.05) is 0 Å². The van der Waals surface area contributed by atoms with Gasteiger partial charge in [-0.05, 0) is 29.8 Å². The number of nitro benzene ring substituents is 1. The fraction of sp³-hybridized carbons (Fsp3) is 0.100. The maximum Gasteiger partial charge on any atom is 0.341 e. The Hall–Kier alpha value is -3.94. The van der Waals surface area contributed by atoms with Gasteiger partial charge in [0, 0.05) is 11.5 Å². The van der Waals surface area contributed by atoms with Gasteiger partial charge < -0.3 is 14.6 Å². The van der Waals surface area contributed by atoms with Crippen molar-refractivity contribution in [1.82, 2.24) is 4.98 Å². The number of rotatable bonds is 7. The summed E-state index contributed by atoms with van der Waals surface area (Å²) in [4.78, 5) is 25.7. The lowest BCUT2D eigenvalue weighted by molar-refractivity contribution is -0.383. The summed E-state index contributed by atoms with van der Waals surface area (Å²) < 4.78 is 10.4. The molecule has 1 N–H and O–H groups in total. The second-order valence-corrected chi connectivity index (χ2v) is 5.77. The second kappa shape index (κ2) is 8.17. The van der Waals surface area contributed by atoms with Crippen molar-refractivity contribution in [2.45, 2.75) is 0 Å². The van der Waals surface area contributed by atoms with Crippen molar-refractivity contribution in [2.75, 3.05) is 13.7 Å². The number of nitro groups is 1. The van der Waals surface area contributed by atoms with E-state index in [9.17, 15) is 14.9 Å². The number of nitrogens with zero attached hydrogens (tertiary/aromatic N) is 2. The van der Waals surface area contributed by atoms with E-state index in [2.05, 4.69) is 4.98 Å². The minimum Gasteiger partial charge on any atom is -0.493 e. The predicted molar refractivity (Wildman–Crippen MR) is 103 cm³/mol. The summed E-state index contributed by atoms with van der Waals surface area (Å²) in [6.45, 7) is -0.467. The SMILES string of the molecule is COc1cc(C=Cc2ccc3cccc([N+](=O)[O-])c3n2)ccc1OCC(=O)O. The molecule has 0 saturated heterocycles. The molecule has 0 saturated carbocycles. The molecule has 0 amide bonds. The van der Waals surface area contributed by atoms with Gasteiger partial charge in [0.05, 0.1) is 17.7 Å². The quantitative estimate of drug-likeness (QED) is 0.490. The highest BCUT2D eigenvalue weighted by Crippen LogP contribution is 2.29. The molecule has 0 spiro atoms. The van der Waals surface area contributed by atoms with Gasteiger partial charge in [-0.15, -0.1) is 0 Å². The highest BCUT2D eigenvalue weighted by molar-refractivity contribution is 5.88. The van der Waals surface area contributed by atoms with Crippen molar-refractivity contribution in [2.24, 2.45) is 0 Å². The average molecular weight is 380 g/mol. The molecule has 0 aliphatic heterocycles. The third-order valence-corrected chi connectivity index (χ3v) is 3.90. The number of carboxylic acid groups (broad SMARTS) is 1. The van der Waals surface area contributed by atoms with Crippen LogP contribution in [0.2, 0.25) is 0 Å². The summed E-state index contributed by atoms with van der Waals surface area (Å²) in [5.74, 6) is -0.366. The normalized spacial score (nSPS) is 10.9. The molecule has 3 rings (SSSR count). The Morgan fingerprint density at radius 2 is 2.00 bits per heavy atom. The highest BCUT2D eigenvalue weighted by Gasteiger charge is 2.12. The third kappa shape index (κ3) is 4.24. The predicted octanol–water partition coefficient (Wildman–Crippen LogP) is 3.79. The number of para-hydroxylation sites is 1. The van der Waals surface area contributed by atoms with Crippen molar-refractivity contribution in [3.05, 3.63) is 69.9 Å². The number of hydrogen-bond donors (Lipinski definition) is 1. The summed E-state index contributed by atoms with van der Waals surface area (Å²) in [6, 6.07) is 13.4. The van der Waals surface area contributed by atoms with Crippen molar-refractivity contribution in [1.29, 1.82) is 0 Å². The summed E-state index contributed by atoms with van der Waals surface area (Å²) in [6.07, 6.45) is 3.50. The number of non-ortho nitro benzene ring substituents is 1. The topological polar surface area (TPSA) is 112 Å². The van der Waals surface area contributed by atoms with Gasteiger partial charge in [0.2, 0.25) is 0 Å². The maximum absolute atomic E-state index is 11.2. The van der Waals surface area contributed by atoms with Gasteiger partial charge in [0.15, 0.2) is 18.1 Å². The average Bonchev–Trinajstić information content (AvgIpc) is 2.70. The molecule has 1 heterocycles. The van der Waals surface area contributed by atoms with E-state index in [0.29, 0.717) is 28.1 Å². The van der Waals surface area contributed by atoms with Crippen LogP contribution in [-0.2, 0) is 4.79 Å². The fourth-order valence-electron chi connectivity index (χ4n) is 2.61. The van der Waals surface area contributed by atoms with Gasteiger partial charge in [-0.2, -0.15) is 0 Å². The third-order valence-electron chi connectivity index (χ3n) is 3.90. The van der Waals surface area contributed by atoms with Gasteiger partial charge in [-0.1, -0.05) is 30.3 Å². The molecule has 1 aromatic heterocycles. The Morgan fingerprint density at radius 3 is 2.71 bits per heavy atom. The molecule has 0 bridgehead atoms. The monoisotopic (exact) mass is 380 g/mol. The van der Waals surface area contributed by atoms with Gasteiger partial charge >= 0.3 is 5.97 Å². The van der Waals surface area contributed by atoms with Crippen molar-refractivity contribution in [3.8, 4) is 11.5 Å². The molecule has 0 unspecified atom stereocenters. The first-order valence-electron chi connectivity index (χ1n) is 8.23. The van der Waals surface area contributed by atoms with Crippen LogP contribution in [0.3, 0.4) is 0 Å². The zero-order valence-electron chi connectivity index (χ0n) is 14.9. The zero-order chi connectivity index (χ0) is 20.1. The number of aliphatic carboxylic acids is 1. The van der Waals surface area contributed by atoms with Crippen LogP contribution in [0.15, 0.2) is 48.5 Å². The number of methoxy groups -OCH3 is 1. The Morgan fingerprint density at radius 1 is 1.18 bits per heavy atom. The first-order valence-corrected chi connectivity index (χ1v) is 8.23. The standard InChI is InChI=1S/C20H16N2O6/c1-27-18-11-13(6-10-17(18)28-12-19(23)24)5-8-15-9-7-14-3-2-4-16(22(25)26)20(14)21-15/h2-11H,12H2,1H3,(H,23,24). The smallest absolute Gasteiger partial charge is 0.341 e. The fourth-order valence-corrected chi connectivity index (χ4v) is 2.61. The maximum atomic E-state index is 11.2. The Bertz CT molecular complexity index is 1080. The lowest BCUT2D eigenvalue weighted by atomic mass is 10.1. The molecule has 0 atom stereocenters. The van der Waals surface area contributed by atoms with E-state index in [1.165, 1.54) is 13.2 Å².